The van der Waals surface area contributed by atoms with E-state index in [9.17, 15) is 14.9 Å². The van der Waals surface area contributed by atoms with Crippen LogP contribution in [0.25, 0.3) is 12.5 Å². The summed E-state index contributed by atoms with van der Waals surface area (Å²) in [5, 5.41) is 28.2. The summed E-state index contributed by atoms with van der Waals surface area (Å²) in [5.41, 5.74) is -0.582. The largest absolute Gasteiger partial charge is 0.515 e. The van der Waals surface area contributed by atoms with Gasteiger partial charge in [0.05, 0.1) is 23.0 Å². The average molecular weight is 209 g/mol. The number of carbonyl (C=O) groups excluding carboxylic acids is 1. The number of carbonyl (C=O) groups is 1. The van der Waals surface area contributed by atoms with Crippen LogP contribution in [0.1, 0.15) is 10.4 Å². The Hall–Kier alpha value is -2.37. The normalized spacial score (nSPS) is 12.8. The van der Waals surface area contributed by atoms with Crippen molar-refractivity contribution in [2.45, 2.75) is 0 Å². The number of hydrogen-bond donors (Lipinski definition) is 2. The fourth-order valence-corrected chi connectivity index (χ4v) is 1.11. The summed E-state index contributed by atoms with van der Waals surface area (Å²) in [6, 6.07) is 2.12. The second-order valence-electron chi connectivity index (χ2n) is 2.67. The minimum atomic E-state index is -0.738. The molecule has 0 amide bonds. The highest BCUT2D eigenvalue weighted by molar-refractivity contribution is 5.81. The van der Waals surface area contributed by atoms with Crippen molar-refractivity contribution >= 4 is 24.5 Å². The Bertz CT molecular complexity index is 520. The van der Waals surface area contributed by atoms with Crippen LogP contribution in [0.2, 0.25) is 0 Å². The lowest BCUT2D eigenvalue weighted by molar-refractivity contribution is -0.385. The third-order valence-electron chi connectivity index (χ3n) is 1.83. The maximum atomic E-state index is 10.5. The van der Waals surface area contributed by atoms with Crippen LogP contribution in [0.15, 0.2) is 12.1 Å². The van der Waals surface area contributed by atoms with Crippen molar-refractivity contribution in [3.05, 3.63) is 38.2 Å². The number of benzene rings is 1. The first kappa shape index (κ1) is 10.7. The van der Waals surface area contributed by atoms with Crippen LogP contribution in [0, 0.1) is 10.1 Å². The molecule has 0 fully saturated rings. The molecule has 0 aliphatic heterocycles. The Labute approximate surface area is 83.5 Å². The second-order valence-corrected chi connectivity index (χ2v) is 2.67. The molecule has 0 saturated carbocycles. The van der Waals surface area contributed by atoms with E-state index >= 15 is 0 Å². The molecule has 0 aromatic heterocycles. The van der Waals surface area contributed by atoms with Crippen LogP contribution in [0.3, 0.4) is 0 Å². The molecule has 1 aromatic carbocycles. The summed E-state index contributed by atoms with van der Waals surface area (Å²) < 4.78 is 0. The highest BCUT2D eigenvalue weighted by Gasteiger charge is 2.13. The summed E-state index contributed by atoms with van der Waals surface area (Å²) >= 11 is 0. The number of nitro groups is 1. The molecule has 15 heavy (non-hydrogen) atoms. The van der Waals surface area contributed by atoms with Gasteiger partial charge in [0.1, 0.15) is 0 Å². The molecule has 0 heterocycles. The molecular weight excluding hydrogens is 202 g/mol. The Kier molecular flexibility index (Phi) is 3.02. The van der Waals surface area contributed by atoms with E-state index < -0.39 is 10.6 Å². The smallest absolute Gasteiger partial charge is 0.280 e. The molecule has 0 saturated heterocycles. The van der Waals surface area contributed by atoms with Crippen molar-refractivity contribution < 1.29 is 19.9 Å². The van der Waals surface area contributed by atoms with Gasteiger partial charge in [0, 0.05) is 16.5 Å². The van der Waals surface area contributed by atoms with Crippen LogP contribution < -0.4 is 10.4 Å². The molecule has 1 rings (SSSR count). The lowest BCUT2D eigenvalue weighted by atomic mass is 10.1. The first-order valence-electron chi connectivity index (χ1n) is 3.86. The van der Waals surface area contributed by atoms with Gasteiger partial charge in [0.2, 0.25) is 0 Å². The number of aliphatic hydroxyl groups is 2. The van der Waals surface area contributed by atoms with E-state index in [4.69, 9.17) is 10.2 Å². The van der Waals surface area contributed by atoms with Crippen molar-refractivity contribution in [2.75, 3.05) is 0 Å². The second kappa shape index (κ2) is 4.23. The van der Waals surface area contributed by atoms with E-state index in [1.807, 2.05) is 0 Å². The Balaban J connectivity index is 3.72. The van der Waals surface area contributed by atoms with Gasteiger partial charge in [-0.3, -0.25) is 14.9 Å². The van der Waals surface area contributed by atoms with Gasteiger partial charge in [-0.05, 0) is 6.07 Å². The minimum absolute atomic E-state index is 0.0646. The van der Waals surface area contributed by atoms with Gasteiger partial charge in [0.15, 0.2) is 6.29 Å². The van der Waals surface area contributed by atoms with Gasteiger partial charge >= 0.3 is 0 Å². The minimum Gasteiger partial charge on any atom is -0.515 e. The first-order valence-corrected chi connectivity index (χ1v) is 3.86. The van der Waals surface area contributed by atoms with Crippen molar-refractivity contribution in [1.82, 2.24) is 0 Å². The van der Waals surface area contributed by atoms with E-state index in [2.05, 4.69) is 0 Å². The van der Waals surface area contributed by atoms with E-state index in [0.29, 0.717) is 18.8 Å². The molecule has 0 spiro atoms. The van der Waals surface area contributed by atoms with E-state index in [0.717, 1.165) is 12.1 Å². The van der Waals surface area contributed by atoms with Crippen LogP contribution in [-0.4, -0.2) is 21.4 Å². The molecular formula is C9H7NO5. The molecule has 0 bridgehead atoms. The highest BCUT2D eigenvalue weighted by atomic mass is 16.6. The summed E-state index contributed by atoms with van der Waals surface area (Å²) in [6.07, 6.45) is 1.58. The lowest BCUT2D eigenvalue weighted by Crippen LogP contribution is -2.26. The number of nitro benzene ring substituents is 1. The SMILES string of the molecule is O=Cc1cc(=CO)c(=CO)cc1[N+](=O)[O-]. The highest BCUT2D eigenvalue weighted by Crippen LogP contribution is 2.10. The van der Waals surface area contributed by atoms with Crippen molar-refractivity contribution in [1.29, 1.82) is 0 Å². The quantitative estimate of drug-likeness (QED) is 0.405. The zero-order valence-electron chi connectivity index (χ0n) is 7.45. The lowest BCUT2D eigenvalue weighted by Gasteiger charge is -1.95. The molecule has 0 atom stereocenters. The van der Waals surface area contributed by atoms with E-state index in [1.54, 1.807) is 0 Å². The Morgan fingerprint density at radius 2 is 1.73 bits per heavy atom. The third-order valence-corrected chi connectivity index (χ3v) is 1.83. The molecule has 0 aliphatic carbocycles. The Morgan fingerprint density at radius 1 is 1.20 bits per heavy atom. The fourth-order valence-electron chi connectivity index (χ4n) is 1.11. The maximum Gasteiger partial charge on any atom is 0.280 e. The third kappa shape index (κ3) is 1.93. The van der Waals surface area contributed by atoms with Gasteiger partial charge in [-0.15, -0.1) is 0 Å². The maximum absolute atomic E-state index is 10.5. The van der Waals surface area contributed by atoms with E-state index in [-0.39, 0.29) is 16.0 Å². The van der Waals surface area contributed by atoms with Gasteiger partial charge < -0.3 is 10.2 Å². The van der Waals surface area contributed by atoms with Gasteiger partial charge in [-0.1, -0.05) is 0 Å². The molecule has 78 valence electrons. The molecule has 1 aromatic rings. The van der Waals surface area contributed by atoms with Crippen molar-refractivity contribution in [3.8, 4) is 0 Å². The monoisotopic (exact) mass is 209 g/mol. The van der Waals surface area contributed by atoms with Gasteiger partial charge in [0.25, 0.3) is 5.69 Å². The zero-order chi connectivity index (χ0) is 11.4. The predicted molar refractivity (Wildman–Crippen MR) is 51.9 cm³/mol. The van der Waals surface area contributed by atoms with E-state index in [1.165, 1.54) is 0 Å². The summed E-state index contributed by atoms with van der Waals surface area (Å²) in [6.45, 7) is 0. The number of aliphatic hydroxyl groups excluding tert-OH is 2. The van der Waals surface area contributed by atoms with Crippen LogP contribution >= 0.6 is 0 Å². The first-order chi connectivity index (χ1) is 7.13. The number of rotatable bonds is 2. The molecule has 6 nitrogen and oxygen atoms in total. The number of aldehydes is 1. The standard InChI is InChI=1S/C9H7NO5/c11-3-6-1-8(5-13)9(10(14)15)2-7(6)4-12/h1-5,11-12H. The predicted octanol–water partition coefficient (Wildman–Crippen LogP) is -0.000700. The Morgan fingerprint density at radius 3 is 2.13 bits per heavy atom. The van der Waals surface area contributed by atoms with Gasteiger partial charge in [-0.2, -0.15) is 0 Å². The summed E-state index contributed by atoms with van der Waals surface area (Å²) in [5.74, 6) is 0. The van der Waals surface area contributed by atoms with Crippen LogP contribution in [0.4, 0.5) is 5.69 Å². The topological polar surface area (TPSA) is 101 Å². The zero-order valence-corrected chi connectivity index (χ0v) is 7.45. The molecule has 2 N–H and O–H groups in total. The molecule has 6 heteroatoms. The summed E-state index contributed by atoms with van der Waals surface area (Å²) in [4.78, 5) is 20.3. The van der Waals surface area contributed by atoms with Crippen molar-refractivity contribution in [2.24, 2.45) is 0 Å². The van der Waals surface area contributed by atoms with Gasteiger partial charge in [-0.25, -0.2) is 0 Å². The molecule has 0 radical (unpaired) electrons. The molecule has 0 unspecified atom stereocenters. The molecule has 0 aliphatic rings. The fraction of sp³-hybridized carbons (Fsp3) is 0. The summed E-state index contributed by atoms with van der Waals surface area (Å²) in [7, 11) is 0. The number of nitrogens with zero attached hydrogens (tertiary/aromatic N) is 1. The van der Waals surface area contributed by atoms with Crippen LogP contribution in [0.5, 0.6) is 0 Å². The van der Waals surface area contributed by atoms with Crippen molar-refractivity contribution in [3.63, 3.8) is 0 Å². The number of hydrogen-bond acceptors (Lipinski definition) is 5. The average Bonchev–Trinajstić information content (AvgIpc) is 2.26. The van der Waals surface area contributed by atoms with Crippen LogP contribution in [-0.2, 0) is 0 Å².